The minimum absolute atomic E-state index is 0.0760. The van der Waals surface area contributed by atoms with Gasteiger partial charge in [0.1, 0.15) is 4.83 Å². The number of rotatable bonds is 6. The number of allylic oxidation sites excluding steroid dienone is 1. The summed E-state index contributed by atoms with van der Waals surface area (Å²) in [6.07, 6.45) is 1.62. The van der Waals surface area contributed by atoms with Crippen LogP contribution in [0.3, 0.4) is 0 Å². The van der Waals surface area contributed by atoms with Crippen molar-refractivity contribution in [1.29, 1.82) is 0 Å². The van der Waals surface area contributed by atoms with Crippen molar-refractivity contribution < 1.29 is 9.59 Å². The molecule has 0 unspecified atom stereocenters. The monoisotopic (exact) mass is 408 g/mol. The van der Waals surface area contributed by atoms with Gasteiger partial charge >= 0.3 is 6.03 Å². The molecule has 0 saturated carbocycles. The number of thioether (sulfide) groups is 1. The maximum atomic E-state index is 12.9. The summed E-state index contributed by atoms with van der Waals surface area (Å²) < 4.78 is 1.51. The van der Waals surface area contributed by atoms with Crippen molar-refractivity contribution in [3.05, 3.63) is 33.4 Å². The number of hydrogen-bond acceptors (Lipinski definition) is 6. The third kappa shape index (κ3) is 4.78. The number of imide groups is 1. The molecular formula is C18H24N4O3S2. The van der Waals surface area contributed by atoms with Gasteiger partial charge in [-0.1, -0.05) is 17.8 Å². The Morgan fingerprint density at radius 1 is 1.33 bits per heavy atom. The zero-order valence-electron chi connectivity index (χ0n) is 16.1. The van der Waals surface area contributed by atoms with Gasteiger partial charge in [-0.15, -0.1) is 17.9 Å². The zero-order chi connectivity index (χ0) is 20.3. The van der Waals surface area contributed by atoms with Gasteiger partial charge in [-0.05, 0) is 40.2 Å². The molecule has 146 valence electrons. The maximum Gasteiger partial charge on any atom is 0.321 e. The van der Waals surface area contributed by atoms with Gasteiger partial charge in [0.05, 0.1) is 10.6 Å². The number of thiophene rings is 1. The van der Waals surface area contributed by atoms with Gasteiger partial charge in [0.2, 0.25) is 5.91 Å². The standard InChI is InChI=1S/C18H24N4O3S2/c1-7-8-22-16(24)13-10(4)11(5)26-15(13)21-18(22)27-12(6)14(23)20-17(25)19-9(2)3/h7,9,12H,1,8H2,2-6H3,(H2,19,20,23,25)/t12-/m0/s1. The van der Waals surface area contributed by atoms with Gasteiger partial charge in [-0.3, -0.25) is 19.5 Å². The molecule has 2 aromatic rings. The smallest absolute Gasteiger partial charge is 0.321 e. The lowest BCUT2D eigenvalue weighted by molar-refractivity contribution is -0.119. The summed E-state index contributed by atoms with van der Waals surface area (Å²) in [5.74, 6) is -0.448. The van der Waals surface area contributed by atoms with E-state index in [1.807, 2.05) is 13.8 Å². The lowest BCUT2D eigenvalue weighted by Crippen LogP contribution is -2.45. The highest BCUT2D eigenvalue weighted by molar-refractivity contribution is 8.00. The highest BCUT2D eigenvalue weighted by Gasteiger charge is 2.22. The fourth-order valence-corrected chi connectivity index (χ4v) is 4.40. The quantitative estimate of drug-likeness (QED) is 0.435. The van der Waals surface area contributed by atoms with Crippen LogP contribution in [-0.2, 0) is 11.3 Å². The second kappa shape index (κ2) is 8.71. The van der Waals surface area contributed by atoms with E-state index < -0.39 is 17.2 Å². The largest absolute Gasteiger partial charge is 0.336 e. The van der Waals surface area contributed by atoms with Crippen LogP contribution in [0.1, 0.15) is 31.2 Å². The molecule has 0 saturated heterocycles. The summed E-state index contributed by atoms with van der Waals surface area (Å²) in [4.78, 5) is 43.2. The Kier molecular flexibility index (Phi) is 6.83. The lowest BCUT2D eigenvalue weighted by Gasteiger charge is -2.15. The zero-order valence-corrected chi connectivity index (χ0v) is 17.7. The first-order valence-electron chi connectivity index (χ1n) is 8.55. The summed E-state index contributed by atoms with van der Waals surface area (Å²) >= 11 is 2.60. The van der Waals surface area contributed by atoms with Gasteiger partial charge in [0.25, 0.3) is 5.56 Å². The number of urea groups is 1. The summed E-state index contributed by atoms with van der Waals surface area (Å²) in [6, 6.07) is -0.619. The number of hydrogen-bond donors (Lipinski definition) is 2. The van der Waals surface area contributed by atoms with Crippen LogP contribution < -0.4 is 16.2 Å². The van der Waals surface area contributed by atoms with Crippen LogP contribution in [0.5, 0.6) is 0 Å². The first kappa shape index (κ1) is 21.2. The van der Waals surface area contributed by atoms with Crippen molar-refractivity contribution in [3.63, 3.8) is 0 Å². The molecule has 0 aliphatic rings. The van der Waals surface area contributed by atoms with Crippen LogP contribution in [0.25, 0.3) is 10.2 Å². The second-order valence-corrected chi connectivity index (χ2v) is 8.95. The Bertz CT molecular complexity index is 946. The summed E-state index contributed by atoms with van der Waals surface area (Å²) in [5.41, 5.74) is 0.785. The topological polar surface area (TPSA) is 93.1 Å². The Morgan fingerprint density at radius 3 is 2.59 bits per heavy atom. The molecule has 0 spiro atoms. The first-order chi connectivity index (χ1) is 12.6. The molecule has 2 rings (SSSR count). The summed E-state index contributed by atoms with van der Waals surface area (Å²) in [5, 5.41) is 5.34. The van der Waals surface area contributed by atoms with E-state index in [0.29, 0.717) is 21.9 Å². The normalized spacial score (nSPS) is 12.2. The lowest BCUT2D eigenvalue weighted by atomic mass is 10.2. The van der Waals surface area contributed by atoms with Gasteiger partial charge in [-0.25, -0.2) is 9.78 Å². The second-order valence-electron chi connectivity index (χ2n) is 6.44. The van der Waals surface area contributed by atoms with E-state index in [1.165, 1.54) is 15.9 Å². The molecule has 0 radical (unpaired) electrons. The minimum Gasteiger partial charge on any atom is -0.336 e. The SMILES string of the molecule is C=CCn1c(S[C@@H](C)C(=O)NC(=O)NC(C)C)nc2sc(C)c(C)c2c1=O. The van der Waals surface area contributed by atoms with Crippen LogP contribution in [0.4, 0.5) is 4.79 Å². The molecule has 0 bridgehead atoms. The van der Waals surface area contributed by atoms with Crippen molar-refractivity contribution in [2.45, 2.75) is 57.6 Å². The van der Waals surface area contributed by atoms with E-state index in [2.05, 4.69) is 22.2 Å². The molecule has 9 heteroatoms. The van der Waals surface area contributed by atoms with Gasteiger partial charge in [0.15, 0.2) is 5.16 Å². The molecule has 27 heavy (non-hydrogen) atoms. The predicted octanol–water partition coefficient (Wildman–Crippen LogP) is 2.98. The number of aryl methyl sites for hydroxylation is 2. The number of aromatic nitrogens is 2. The first-order valence-corrected chi connectivity index (χ1v) is 10.2. The number of nitrogens with zero attached hydrogens (tertiary/aromatic N) is 2. The molecule has 0 aliphatic heterocycles. The summed E-state index contributed by atoms with van der Waals surface area (Å²) in [7, 11) is 0. The van der Waals surface area contributed by atoms with E-state index in [9.17, 15) is 14.4 Å². The molecule has 3 amide bonds. The van der Waals surface area contributed by atoms with Crippen LogP contribution in [0, 0.1) is 13.8 Å². The number of nitrogens with one attached hydrogen (secondary N) is 2. The molecule has 2 aromatic heterocycles. The van der Waals surface area contributed by atoms with Gasteiger partial charge in [-0.2, -0.15) is 0 Å². The third-order valence-corrected chi connectivity index (χ3v) is 6.06. The van der Waals surface area contributed by atoms with Crippen LogP contribution in [0.2, 0.25) is 0 Å². The van der Waals surface area contributed by atoms with E-state index in [1.54, 1.807) is 26.8 Å². The number of carbonyl (C=O) groups is 2. The molecule has 2 N–H and O–H groups in total. The van der Waals surface area contributed by atoms with Crippen molar-refractivity contribution in [2.75, 3.05) is 0 Å². The Labute approximate surface area is 166 Å². The van der Waals surface area contributed by atoms with E-state index >= 15 is 0 Å². The Hall–Kier alpha value is -2.13. The van der Waals surface area contributed by atoms with Crippen LogP contribution in [0.15, 0.2) is 22.6 Å². The number of carbonyl (C=O) groups excluding carboxylic acids is 2. The van der Waals surface area contributed by atoms with E-state index in [0.717, 1.165) is 22.2 Å². The highest BCUT2D eigenvalue weighted by atomic mass is 32.2. The van der Waals surface area contributed by atoms with E-state index in [-0.39, 0.29) is 11.6 Å². The van der Waals surface area contributed by atoms with Crippen molar-refractivity contribution in [2.24, 2.45) is 0 Å². The van der Waals surface area contributed by atoms with Crippen molar-refractivity contribution in [3.8, 4) is 0 Å². The van der Waals surface area contributed by atoms with Crippen LogP contribution in [-0.4, -0.2) is 32.8 Å². The fourth-order valence-electron chi connectivity index (χ4n) is 2.41. The number of fused-ring (bicyclic) bond motifs is 1. The minimum atomic E-state index is -0.606. The fraction of sp³-hybridized carbons (Fsp3) is 0.444. The average molecular weight is 409 g/mol. The summed E-state index contributed by atoms with van der Waals surface area (Å²) in [6.45, 7) is 13.1. The molecule has 0 fully saturated rings. The predicted molar refractivity (Wildman–Crippen MR) is 111 cm³/mol. The molecule has 0 aromatic carbocycles. The van der Waals surface area contributed by atoms with Crippen LogP contribution >= 0.6 is 23.1 Å². The molecule has 2 heterocycles. The van der Waals surface area contributed by atoms with Crippen molar-refractivity contribution >= 4 is 45.3 Å². The highest BCUT2D eigenvalue weighted by Crippen LogP contribution is 2.29. The Balaban J connectivity index is 2.33. The third-order valence-electron chi connectivity index (χ3n) is 3.87. The van der Waals surface area contributed by atoms with Gasteiger partial charge < -0.3 is 5.32 Å². The Morgan fingerprint density at radius 2 is 2.00 bits per heavy atom. The number of amides is 3. The van der Waals surface area contributed by atoms with E-state index in [4.69, 9.17) is 0 Å². The van der Waals surface area contributed by atoms with Crippen molar-refractivity contribution in [1.82, 2.24) is 20.2 Å². The molecule has 0 aliphatic carbocycles. The average Bonchev–Trinajstić information content (AvgIpc) is 2.84. The molecular weight excluding hydrogens is 384 g/mol. The molecule has 7 nitrogen and oxygen atoms in total. The van der Waals surface area contributed by atoms with Gasteiger partial charge in [0, 0.05) is 17.5 Å². The molecule has 1 atom stereocenters. The maximum absolute atomic E-state index is 12.9.